The molecule has 0 rings (SSSR count). The lowest BCUT2D eigenvalue weighted by atomic mass is 28.9. The van der Waals surface area contributed by atoms with Crippen LogP contribution in [0.4, 0.5) is 0 Å². The van der Waals surface area contributed by atoms with Crippen LogP contribution in [0.1, 0.15) is 0 Å². The average molecular weight is 291 g/mol. The first-order valence-corrected chi connectivity index (χ1v) is 17.0. The highest BCUT2D eigenvalue weighted by atomic mass is 33.1. The van der Waals surface area contributed by atoms with E-state index in [9.17, 15) is 0 Å². The highest BCUT2D eigenvalue weighted by Gasteiger charge is 2.07. The highest BCUT2D eigenvalue weighted by molar-refractivity contribution is 9.04. The van der Waals surface area contributed by atoms with E-state index in [0.29, 0.717) is 0 Å². The van der Waals surface area contributed by atoms with Crippen molar-refractivity contribution >= 4 is 73.5 Å². The fraction of sp³-hybridized carbons (Fsp3) is 0. The summed E-state index contributed by atoms with van der Waals surface area (Å²) in [7, 11) is 13.5. The summed E-state index contributed by atoms with van der Waals surface area (Å²) in [6.07, 6.45) is 0. The normalized spacial score (nSPS) is 20.1. The third-order valence-corrected chi connectivity index (χ3v) is 35.0. The molecular weight excluding hydrogens is 279 g/mol. The summed E-state index contributed by atoms with van der Waals surface area (Å²) in [6, 6.07) is 0. The Morgan fingerprint density at radius 3 is 1.67 bits per heavy atom. The maximum absolute atomic E-state index is 7.81. The quantitative estimate of drug-likeness (QED) is 0.655. The van der Waals surface area contributed by atoms with Crippen molar-refractivity contribution in [1.29, 1.82) is 1.28 Å². The van der Waals surface area contributed by atoms with E-state index in [1.165, 1.54) is 0 Å². The molecule has 9 heavy (non-hydrogen) atoms. The van der Waals surface area contributed by atoms with Crippen LogP contribution >= 0.6 is 73.5 Å². The minimum Gasteiger partial charge on any atom is -0.103 e. The molecule has 0 spiro atoms. The van der Waals surface area contributed by atoms with Crippen molar-refractivity contribution in [2.24, 2.45) is 0 Å². The first-order chi connectivity index (χ1) is 4.46. The van der Waals surface area contributed by atoms with Gasteiger partial charge < -0.3 is 0 Å². The first kappa shape index (κ1) is 10.9. The summed E-state index contributed by atoms with van der Waals surface area (Å²) in [4.78, 5) is 0. The maximum Gasteiger partial charge on any atom is 0.0688 e. The second-order valence-corrected chi connectivity index (χ2v) is 31.6. The molecule has 7 unspecified atom stereocenters. The van der Waals surface area contributed by atoms with E-state index in [0.717, 1.165) is 0 Å². The molecule has 0 saturated carbocycles. The molecule has 0 aliphatic carbocycles. The fourth-order valence-corrected chi connectivity index (χ4v) is 36.9. The second-order valence-electron chi connectivity index (χ2n) is 1.17. The van der Waals surface area contributed by atoms with Crippen LogP contribution in [0.15, 0.2) is 0 Å². The van der Waals surface area contributed by atoms with Crippen LogP contribution in [0.25, 0.3) is 0 Å². The lowest BCUT2D eigenvalue weighted by Gasteiger charge is -2.17. The molecule has 0 aromatic rings. The Balaban J connectivity index is 3.81. The fourth-order valence-electron chi connectivity index (χ4n) is 0.152. The van der Waals surface area contributed by atoms with Crippen LogP contribution in [0, 0.1) is 0 Å². The molecule has 0 radical (unpaired) electrons. The van der Waals surface area contributed by atoms with Crippen molar-refractivity contribution in [3.8, 4) is 0 Å². The average Bonchev–Trinajstić information content (AvgIpc) is 1.84. The minimum atomic E-state index is -0.485. The molecule has 56 valence electrons. The van der Waals surface area contributed by atoms with E-state index in [1.54, 1.807) is 0 Å². The molecule has 0 bridgehead atoms. The van der Waals surface area contributed by atoms with Gasteiger partial charge >= 0.3 is 0 Å². The van der Waals surface area contributed by atoms with Crippen LogP contribution in [0.5, 0.6) is 0 Å². The number of rotatable bonds is 3. The standard InChI is InChI=1S/H11P9/c1-7(2)6-9(5)8(3)4/h6H,1-5H2/i6D. The molecule has 0 saturated heterocycles. The molecule has 9 heteroatoms. The van der Waals surface area contributed by atoms with Crippen molar-refractivity contribution in [2.45, 2.75) is 0 Å². The Morgan fingerprint density at radius 2 is 1.56 bits per heavy atom. The van der Waals surface area contributed by atoms with Crippen molar-refractivity contribution < 1.29 is 0 Å². The van der Waals surface area contributed by atoms with Crippen molar-refractivity contribution in [3.05, 3.63) is 0 Å². The molecule has 7 atom stereocenters. The lowest BCUT2D eigenvalue weighted by Crippen LogP contribution is -1.25. The molecule has 0 fully saturated rings. The molecule has 0 nitrogen and oxygen atoms in total. The molecule has 0 N–H and O–H groups in total. The Bertz CT molecular complexity index is 74.7. The van der Waals surface area contributed by atoms with Gasteiger partial charge in [-0.15, -0.1) is 44.6 Å². The van der Waals surface area contributed by atoms with Crippen molar-refractivity contribution in [1.82, 2.24) is 0 Å². The molecule has 0 aliphatic rings. The summed E-state index contributed by atoms with van der Waals surface area (Å²) < 4.78 is 7.81. The van der Waals surface area contributed by atoms with E-state index in [-0.39, 0.29) is 21.0 Å². The van der Waals surface area contributed by atoms with Gasteiger partial charge in [-0.1, -0.05) is 7.90 Å². The van der Waals surface area contributed by atoms with Crippen LogP contribution in [0.2, 0.25) is 0 Å². The maximum atomic E-state index is 7.81. The van der Waals surface area contributed by atoms with Gasteiger partial charge in [0.15, 0.2) is 0 Å². The molecule has 0 aromatic heterocycles. The third kappa shape index (κ3) is 8.21. The van der Waals surface area contributed by atoms with Crippen LogP contribution in [0.3, 0.4) is 0 Å². The van der Waals surface area contributed by atoms with Gasteiger partial charge in [0, 0.05) is 0 Å². The topological polar surface area (TPSA) is 0 Å². The SMILES string of the molecule is [2H]P(P(P)P)P(P)P(P)P. The van der Waals surface area contributed by atoms with Crippen LogP contribution in [-0.2, 0) is 0 Å². The zero-order valence-corrected chi connectivity index (χ0v) is 14.0. The monoisotopic (exact) mass is 291 g/mol. The van der Waals surface area contributed by atoms with Gasteiger partial charge in [0.25, 0.3) is 0 Å². The Labute approximate surface area is 74.9 Å². The zero-order chi connectivity index (χ0) is 8.31. The summed E-state index contributed by atoms with van der Waals surface area (Å²) >= 11 is 0. The molecule has 0 aromatic carbocycles. The first-order valence-electron chi connectivity index (χ1n) is 2.34. The van der Waals surface area contributed by atoms with E-state index in [4.69, 9.17) is 1.28 Å². The Kier molecular flexibility index (Phi) is 8.87. The number of hydrogen-bond donors (Lipinski definition) is 0. The molecule has 0 aliphatic heterocycles. The predicted molar refractivity (Wildman–Crippen MR) is 77.6 cm³/mol. The molecule has 0 amide bonds. The van der Waals surface area contributed by atoms with Crippen LogP contribution < -0.4 is 0 Å². The Morgan fingerprint density at radius 1 is 1.11 bits per heavy atom. The third-order valence-electron chi connectivity index (χ3n) is 0.432. The zero-order valence-electron chi connectivity index (χ0n) is 5.68. The van der Waals surface area contributed by atoms with E-state index < -0.39 is 7.90 Å². The molecular formula is H11P9. The van der Waals surface area contributed by atoms with Gasteiger partial charge in [0.05, 0.1) is 1.28 Å². The van der Waals surface area contributed by atoms with E-state index in [2.05, 4.69) is 44.6 Å². The van der Waals surface area contributed by atoms with Gasteiger partial charge in [0.1, 0.15) is 0 Å². The largest absolute Gasteiger partial charge is 0.103 e. The smallest absolute Gasteiger partial charge is 0.0688 e. The van der Waals surface area contributed by atoms with Crippen molar-refractivity contribution in [3.63, 3.8) is 0 Å². The van der Waals surface area contributed by atoms with Crippen molar-refractivity contribution in [2.75, 3.05) is 0 Å². The Hall–Kier alpha value is 3.87. The minimum absolute atomic E-state index is 0.0416. The summed E-state index contributed by atoms with van der Waals surface area (Å²) in [5.41, 5.74) is 0. The van der Waals surface area contributed by atoms with Gasteiger partial charge in [-0.25, -0.2) is 0 Å². The van der Waals surface area contributed by atoms with Crippen LogP contribution in [-0.4, -0.2) is 1.28 Å². The molecule has 0 heterocycles. The second kappa shape index (κ2) is 7.29. The van der Waals surface area contributed by atoms with Gasteiger partial charge in [0.2, 0.25) is 0 Å². The van der Waals surface area contributed by atoms with Gasteiger partial charge in [-0.3, -0.25) is 0 Å². The number of hydrogen-bond acceptors (Lipinski definition) is 0. The lowest BCUT2D eigenvalue weighted by molar-refractivity contribution is 4.80. The van der Waals surface area contributed by atoms with E-state index >= 15 is 0 Å². The van der Waals surface area contributed by atoms with Gasteiger partial charge in [-0.2, -0.15) is 0 Å². The highest BCUT2D eigenvalue weighted by Crippen LogP contribution is 2.98. The van der Waals surface area contributed by atoms with Gasteiger partial charge in [-0.05, 0) is 21.0 Å². The summed E-state index contributed by atoms with van der Waals surface area (Å²) in [5, 5.41) is 0. The predicted octanol–water partition coefficient (Wildman–Crippen LogP) is 4.81. The van der Waals surface area contributed by atoms with E-state index in [1.807, 2.05) is 0 Å². The summed E-state index contributed by atoms with van der Waals surface area (Å²) in [5.74, 6) is 0. The summed E-state index contributed by atoms with van der Waals surface area (Å²) in [6.45, 7) is -0.327.